The monoisotopic (exact) mass is 270 g/mol. The molecule has 102 valence electrons. The number of hydrogen-bond acceptors (Lipinski definition) is 4. The van der Waals surface area contributed by atoms with Crippen LogP contribution in [0, 0.1) is 28.6 Å². The minimum Gasteiger partial charge on any atom is -0.495 e. The number of fused-ring (bicyclic) bond motifs is 1. The third-order valence-corrected chi connectivity index (χ3v) is 4.35. The second kappa shape index (κ2) is 3.83. The first-order valence-corrected chi connectivity index (χ1v) is 6.39. The van der Waals surface area contributed by atoms with Crippen LogP contribution >= 0.6 is 0 Å². The zero-order chi connectivity index (χ0) is 14.7. The van der Waals surface area contributed by atoms with Gasteiger partial charge in [0, 0.05) is 6.07 Å². The second-order valence-corrected chi connectivity index (χ2v) is 5.79. The highest BCUT2D eigenvalue weighted by Crippen LogP contribution is 2.64. The summed E-state index contributed by atoms with van der Waals surface area (Å²) in [6.07, 6.45) is 0. The standard InChI is InChI=1S/C15H14N2O3/c1-15(2)11-12(15)14(19)17(13(11)18)9-5-4-8(7-16)6-10(9)20-3/h4-6,11-12H,1-3H3. The van der Waals surface area contributed by atoms with Gasteiger partial charge in [-0.15, -0.1) is 0 Å². The summed E-state index contributed by atoms with van der Waals surface area (Å²) in [6, 6.07) is 6.70. The molecule has 5 heteroatoms. The maximum absolute atomic E-state index is 12.4. The van der Waals surface area contributed by atoms with Crippen LogP contribution in [0.2, 0.25) is 0 Å². The molecule has 1 saturated heterocycles. The molecular formula is C15H14N2O3. The first-order valence-electron chi connectivity index (χ1n) is 6.39. The summed E-state index contributed by atoms with van der Waals surface area (Å²) in [4.78, 5) is 26.0. The largest absolute Gasteiger partial charge is 0.495 e. The Balaban J connectivity index is 2.02. The average Bonchev–Trinajstić information content (AvgIpc) is 2.89. The van der Waals surface area contributed by atoms with Crippen LogP contribution in [-0.4, -0.2) is 18.9 Å². The second-order valence-electron chi connectivity index (χ2n) is 5.79. The summed E-state index contributed by atoms with van der Waals surface area (Å²) in [5.74, 6) is -0.434. The lowest BCUT2D eigenvalue weighted by molar-refractivity contribution is -0.125. The molecular weight excluding hydrogens is 256 g/mol. The minimum absolute atomic E-state index is 0.173. The zero-order valence-corrected chi connectivity index (χ0v) is 11.5. The summed E-state index contributed by atoms with van der Waals surface area (Å²) in [6.45, 7) is 3.87. The number of piperidine rings is 1. The van der Waals surface area contributed by atoms with Crippen molar-refractivity contribution in [2.45, 2.75) is 13.8 Å². The fraction of sp³-hybridized carbons (Fsp3) is 0.400. The highest BCUT2D eigenvalue weighted by molar-refractivity contribution is 6.26. The van der Waals surface area contributed by atoms with Crippen molar-refractivity contribution in [1.82, 2.24) is 0 Å². The van der Waals surface area contributed by atoms with E-state index in [0.717, 1.165) is 0 Å². The molecule has 2 aliphatic rings. The molecule has 5 nitrogen and oxygen atoms in total. The Morgan fingerprint density at radius 2 is 1.85 bits per heavy atom. The van der Waals surface area contributed by atoms with Crippen molar-refractivity contribution in [2.24, 2.45) is 17.3 Å². The van der Waals surface area contributed by atoms with E-state index in [2.05, 4.69) is 0 Å². The normalized spacial score (nSPS) is 26.2. The molecule has 1 aliphatic carbocycles. The number of ether oxygens (including phenoxy) is 1. The third kappa shape index (κ3) is 1.42. The van der Waals surface area contributed by atoms with E-state index < -0.39 is 0 Å². The lowest BCUT2D eigenvalue weighted by atomic mass is 10.0. The fourth-order valence-corrected chi connectivity index (χ4v) is 3.12. The highest BCUT2D eigenvalue weighted by Gasteiger charge is 2.72. The molecule has 0 spiro atoms. The van der Waals surface area contributed by atoms with Gasteiger partial charge in [-0.05, 0) is 17.5 Å². The van der Waals surface area contributed by atoms with Crippen LogP contribution in [0.4, 0.5) is 5.69 Å². The first-order chi connectivity index (χ1) is 9.43. The molecule has 2 fully saturated rings. The van der Waals surface area contributed by atoms with Gasteiger partial charge in [0.15, 0.2) is 0 Å². The molecule has 0 aromatic heterocycles. The van der Waals surface area contributed by atoms with E-state index in [-0.39, 0.29) is 29.1 Å². The molecule has 1 saturated carbocycles. The topological polar surface area (TPSA) is 70.4 Å². The molecule has 1 aromatic carbocycles. The zero-order valence-electron chi connectivity index (χ0n) is 11.5. The predicted molar refractivity (Wildman–Crippen MR) is 71.0 cm³/mol. The van der Waals surface area contributed by atoms with Gasteiger partial charge in [0.05, 0.1) is 36.3 Å². The maximum atomic E-state index is 12.4. The van der Waals surface area contributed by atoms with Crippen molar-refractivity contribution in [3.8, 4) is 11.8 Å². The molecule has 20 heavy (non-hydrogen) atoms. The van der Waals surface area contributed by atoms with E-state index >= 15 is 0 Å². The summed E-state index contributed by atoms with van der Waals surface area (Å²) >= 11 is 0. The van der Waals surface area contributed by atoms with Crippen molar-refractivity contribution >= 4 is 17.5 Å². The Hall–Kier alpha value is -2.35. The van der Waals surface area contributed by atoms with E-state index in [1.54, 1.807) is 12.1 Å². The van der Waals surface area contributed by atoms with Gasteiger partial charge in [-0.3, -0.25) is 9.59 Å². The van der Waals surface area contributed by atoms with Crippen LogP contribution in [-0.2, 0) is 9.59 Å². The van der Waals surface area contributed by atoms with Gasteiger partial charge < -0.3 is 4.74 Å². The van der Waals surface area contributed by atoms with Crippen molar-refractivity contribution in [3.63, 3.8) is 0 Å². The van der Waals surface area contributed by atoms with E-state index in [9.17, 15) is 9.59 Å². The van der Waals surface area contributed by atoms with Crippen LogP contribution in [0.15, 0.2) is 18.2 Å². The average molecular weight is 270 g/mol. The molecule has 2 atom stereocenters. The summed E-state index contributed by atoms with van der Waals surface area (Å²) < 4.78 is 5.20. The van der Waals surface area contributed by atoms with Gasteiger partial charge in [0.25, 0.3) is 0 Å². The van der Waals surface area contributed by atoms with Gasteiger partial charge >= 0.3 is 0 Å². The first kappa shape index (κ1) is 12.7. The van der Waals surface area contributed by atoms with Crippen LogP contribution in [0.5, 0.6) is 5.75 Å². The van der Waals surface area contributed by atoms with Crippen molar-refractivity contribution < 1.29 is 14.3 Å². The van der Waals surface area contributed by atoms with Crippen molar-refractivity contribution in [3.05, 3.63) is 23.8 Å². The highest BCUT2D eigenvalue weighted by atomic mass is 16.5. The van der Waals surface area contributed by atoms with Crippen LogP contribution in [0.3, 0.4) is 0 Å². The molecule has 1 heterocycles. The minimum atomic E-state index is -0.232. The smallest absolute Gasteiger partial charge is 0.238 e. The van der Waals surface area contributed by atoms with Crippen LogP contribution < -0.4 is 9.64 Å². The van der Waals surface area contributed by atoms with Crippen molar-refractivity contribution in [2.75, 3.05) is 12.0 Å². The van der Waals surface area contributed by atoms with Crippen molar-refractivity contribution in [1.29, 1.82) is 5.26 Å². The molecule has 2 amide bonds. The van der Waals surface area contributed by atoms with Gasteiger partial charge in [0.2, 0.25) is 11.8 Å². The predicted octanol–water partition coefficient (Wildman–Crippen LogP) is 1.71. The summed E-state index contributed by atoms with van der Waals surface area (Å²) in [5.41, 5.74) is 0.615. The molecule has 0 N–H and O–H groups in total. The molecule has 0 bridgehead atoms. The van der Waals surface area contributed by atoms with Crippen LogP contribution in [0.25, 0.3) is 0 Å². The number of imide groups is 1. The number of amides is 2. The quantitative estimate of drug-likeness (QED) is 0.767. The maximum Gasteiger partial charge on any atom is 0.238 e. The number of benzene rings is 1. The number of methoxy groups -OCH3 is 1. The third-order valence-electron chi connectivity index (χ3n) is 4.35. The fourth-order valence-electron chi connectivity index (χ4n) is 3.12. The van der Waals surface area contributed by atoms with Gasteiger partial charge in [0.1, 0.15) is 5.75 Å². The Bertz CT molecular complexity index is 648. The van der Waals surface area contributed by atoms with Gasteiger partial charge in [-0.25, -0.2) is 4.90 Å². The SMILES string of the molecule is COc1cc(C#N)ccc1N1C(=O)C2C(C1=O)C2(C)C. The van der Waals surface area contributed by atoms with E-state index in [4.69, 9.17) is 10.00 Å². The molecule has 0 radical (unpaired) electrons. The number of carbonyl (C=O) groups excluding carboxylic acids is 2. The van der Waals surface area contributed by atoms with E-state index in [0.29, 0.717) is 17.0 Å². The molecule has 1 aromatic rings. The number of carbonyl (C=O) groups is 2. The van der Waals surface area contributed by atoms with Gasteiger partial charge in [-0.2, -0.15) is 5.26 Å². The summed E-state index contributed by atoms with van der Waals surface area (Å²) in [7, 11) is 1.45. The number of rotatable bonds is 2. The van der Waals surface area contributed by atoms with E-state index in [1.165, 1.54) is 18.1 Å². The molecule has 1 aliphatic heterocycles. The lowest BCUT2D eigenvalue weighted by Crippen LogP contribution is -2.36. The van der Waals surface area contributed by atoms with Gasteiger partial charge in [-0.1, -0.05) is 13.8 Å². The summed E-state index contributed by atoms with van der Waals surface area (Å²) in [5, 5.41) is 8.88. The lowest BCUT2D eigenvalue weighted by Gasteiger charge is -2.22. The molecule has 3 rings (SSSR count). The number of nitriles is 1. The number of hydrogen-bond donors (Lipinski definition) is 0. The Kier molecular flexibility index (Phi) is 2.42. The number of anilines is 1. The van der Waals surface area contributed by atoms with Crippen LogP contribution in [0.1, 0.15) is 19.4 Å². The Morgan fingerprint density at radius 3 is 2.35 bits per heavy atom. The molecule has 2 unspecified atom stereocenters. The Labute approximate surface area is 116 Å². The van der Waals surface area contributed by atoms with E-state index in [1.807, 2.05) is 19.9 Å². The Morgan fingerprint density at radius 1 is 1.25 bits per heavy atom. The number of nitrogens with zero attached hydrogens (tertiary/aromatic N) is 2.